The Hall–Kier alpha value is -1.16. The Morgan fingerprint density at radius 3 is 2.33 bits per heavy atom. The highest BCUT2D eigenvalue weighted by Crippen LogP contribution is 2.15. The number of nitrogens with two attached hydrogens (primary N) is 2. The SMILES string of the molecule is Cc1nc(N)nc([C@H](C)N)c1C. The summed E-state index contributed by atoms with van der Waals surface area (Å²) in [6.07, 6.45) is 0. The van der Waals surface area contributed by atoms with E-state index in [1.807, 2.05) is 20.8 Å². The van der Waals surface area contributed by atoms with Gasteiger partial charge >= 0.3 is 0 Å². The maximum atomic E-state index is 5.71. The predicted molar refractivity (Wildman–Crippen MR) is 48.5 cm³/mol. The molecule has 0 radical (unpaired) electrons. The maximum absolute atomic E-state index is 5.71. The first-order valence-corrected chi connectivity index (χ1v) is 3.88. The number of aromatic nitrogens is 2. The molecule has 0 amide bonds. The van der Waals surface area contributed by atoms with Crippen molar-refractivity contribution in [2.45, 2.75) is 26.8 Å². The van der Waals surface area contributed by atoms with Gasteiger partial charge < -0.3 is 11.5 Å². The number of nitrogens with zero attached hydrogens (tertiary/aromatic N) is 2. The summed E-state index contributed by atoms with van der Waals surface area (Å²) in [4.78, 5) is 8.10. The fourth-order valence-electron chi connectivity index (χ4n) is 1.12. The molecule has 0 aliphatic carbocycles. The van der Waals surface area contributed by atoms with Crippen LogP contribution in [0.3, 0.4) is 0 Å². The van der Waals surface area contributed by atoms with Crippen LogP contribution in [0.1, 0.15) is 29.9 Å². The lowest BCUT2D eigenvalue weighted by molar-refractivity contribution is 0.762. The van der Waals surface area contributed by atoms with Crippen LogP contribution in [-0.2, 0) is 0 Å². The standard InChI is InChI=1S/C8H14N4/c1-4-6(3)11-8(10)12-7(4)5(2)9/h5H,9H2,1-3H3,(H2,10,11,12)/t5-/m0/s1. The lowest BCUT2D eigenvalue weighted by Crippen LogP contribution is -2.13. The largest absolute Gasteiger partial charge is 0.368 e. The molecule has 1 aromatic heterocycles. The third-order valence-electron chi connectivity index (χ3n) is 1.88. The molecule has 0 unspecified atom stereocenters. The number of rotatable bonds is 1. The first kappa shape index (κ1) is 8.93. The summed E-state index contributed by atoms with van der Waals surface area (Å²) in [6.45, 7) is 5.74. The molecular weight excluding hydrogens is 152 g/mol. The smallest absolute Gasteiger partial charge is 0.220 e. The second-order valence-corrected chi connectivity index (χ2v) is 2.97. The molecule has 0 aromatic carbocycles. The second kappa shape index (κ2) is 3.06. The van der Waals surface area contributed by atoms with Gasteiger partial charge in [0.15, 0.2) is 0 Å². The Morgan fingerprint density at radius 1 is 1.25 bits per heavy atom. The molecule has 0 fully saturated rings. The molecule has 1 heterocycles. The highest BCUT2D eigenvalue weighted by atomic mass is 15.0. The van der Waals surface area contributed by atoms with Gasteiger partial charge in [-0.15, -0.1) is 0 Å². The van der Waals surface area contributed by atoms with Crippen LogP contribution >= 0.6 is 0 Å². The van der Waals surface area contributed by atoms with Crippen LogP contribution in [0.5, 0.6) is 0 Å². The summed E-state index contributed by atoms with van der Waals surface area (Å²) in [5.41, 5.74) is 14.0. The summed E-state index contributed by atoms with van der Waals surface area (Å²) in [6, 6.07) is -0.0889. The zero-order valence-corrected chi connectivity index (χ0v) is 7.63. The molecule has 4 N–H and O–H groups in total. The highest BCUT2D eigenvalue weighted by Gasteiger charge is 2.09. The lowest BCUT2D eigenvalue weighted by atomic mass is 10.1. The minimum atomic E-state index is -0.0889. The molecule has 4 nitrogen and oxygen atoms in total. The van der Waals surface area contributed by atoms with Crippen LogP contribution in [0.25, 0.3) is 0 Å². The summed E-state index contributed by atoms with van der Waals surface area (Å²) in [5.74, 6) is 0.297. The fourth-order valence-corrected chi connectivity index (χ4v) is 1.12. The second-order valence-electron chi connectivity index (χ2n) is 2.97. The fraction of sp³-hybridized carbons (Fsp3) is 0.500. The van der Waals surface area contributed by atoms with E-state index < -0.39 is 0 Å². The van der Waals surface area contributed by atoms with Crippen LogP contribution in [0.15, 0.2) is 0 Å². The molecule has 1 aromatic rings. The van der Waals surface area contributed by atoms with Gasteiger partial charge in [-0.3, -0.25) is 0 Å². The minimum Gasteiger partial charge on any atom is -0.368 e. The van der Waals surface area contributed by atoms with E-state index >= 15 is 0 Å². The quantitative estimate of drug-likeness (QED) is 0.643. The monoisotopic (exact) mass is 166 g/mol. The average molecular weight is 166 g/mol. The normalized spacial score (nSPS) is 13.0. The first-order chi connectivity index (χ1) is 5.52. The number of hydrogen-bond acceptors (Lipinski definition) is 4. The number of hydrogen-bond donors (Lipinski definition) is 2. The molecular formula is C8H14N4. The first-order valence-electron chi connectivity index (χ1n) is 3.88. The highest BCUT2D eigenvalue weighted by molar-refractivity contribution is 5.31. The minimum absolute atomic E-state index is 0.0889. The van der Waals surface area contributed by atoms with E-state index in [2.05, 4.69) is 9.97 Å². The van der Waals surface area contributed by atoms with Crippen molar-refractivity contribution in [3.63, 3.8) is 0 Å². The third-order valence-corrected chi connectivity index (χ3v) is 1.88. The van der Waals surface area contributed by atoms with Crippen molar-refractivity contribution in [3.05, 3.63) is 17.0 Å². The summed E-state index contributed by atoms with van der Waals surface area (Å²) in [5, 5.41) is 0. The van der Waals surface area contributed by atoms with Crippen LogP contribution in [0.4, 0.5) is 5.95 Å². The van der Waals surface area contributed by atoms with Gasteiger partial charge in [0.25, 0.3) is 0 Å². The van der Waals surface area contributed by atoms with Crippen LogP contribution in [-0.4, -0.2) is 9.97 Å². The van der Waals surface area contributed by atoms with Crippen LogP contribution < -0.4 is 11.5 Å². The van der Waals surface area contributed by atoms with E-state index in [9.17, 15) is 0 Å². The third kappa shape index (κ3) is 1.53. The van der Waals surface area contributed by atoms with Gasteiger partial charge in [0.1, 0.15) is 0 Å². The predicted octanol–water partition coefficient (Wildman–Crippen LogP) is 0.695. The maximum Gasteiger partial charge on any atom is 0.220 e. The van der Waals surface area contributed by atoms with E-state index in [-0.39, 0.29) is 6.04 Å². The van der Waals surface area contributed by atoms with Crippen molar-refractivity contribution < 1.29 is 0 Å². The average Bonchev–Trinajstić information content (AvgIpc) is 1.96. The molecule has 1 atom stereocenters. The van der Waals surface area contributed by atoms with Crippen LogP contribution in [0.2, 0.25) is 0 Å². The van der Waals surface area contributed by atoms with Crippen molar-refractivity contribution >= 4 is 5.95 Å². The molecule has 0 spiro atoms. The van der Waals surface area contributed by atoms with E-state index in [4.69, 9.17) is 11.5 Å². The van der Waals surface area contributed by atoms with Crippen molar-refractivity contribution in [2.75, 3.05) is 5.73 Å². The summed E-state index contributed by atoms with van der Waals surface area (Å²) >= 11 is 0. The van der Waals surface area contributed by atoms with E-state index in [0.29, 0.717) is 5.95 Å². The summed E-state index contributed by atoms with van der Waals surface area (Å²) < 4.78 is 0. The summed E-state index contributed by atoms with van der Waals surface area (Å²) in [7, 11) is 0. The van der Waals surface area contributed by atoms with E-state index in [1.54, 1.807) is 0 Å². The lowest BCUT2D eigenvalue weighted by Gasteiger charge is -2.10. The molecule has 66 valence electrons. The Morgan fingerprint density at radius 2 is 1.83 bits per heavy atom. The van der Waals surface area contributed by atoms with Crippen molar-refractivity contribution in [1.29, 1.82) is 0 Å². The number of aryl methyl sites for hydroxylation is 1. The van der Waals surface area contributed by atoms with Gasteiger partial charge in [-0.05, 0) is 26.3 Å². The number of nitrogen functional groups attached to an aromatic ring is 1. The van der Waals surface area contributed by atoms with Gasteiger partial charge in [-0.2, -0.15) is 0 Å². The molecule has 0 saturated heterocycles. The zero-order chi connectivity index (χ0) is 9.30. The Kier molecular flexibility index (Phi) is 2.28. The van der Waals surface area contributed by atoms with Crippen molar-refractivity contribution in [3.8, 4) is 0 Å². The van der Waals surface area contributed by atoms with Crippen molar-refractivity contribution in [1.82, 2.24) is 9.97 Å². The Labute approximate surface area is 72.0 Å². The molecule has 4 heteroatoms. The van der Waals surface area contributed by atoms with Gasteiger partial charge in [0, 0.05) is 11.7 Å². The molecule has 12 heavy (non-hydrogen) atoms. The Bertz CT molecular complexity index is 293. The molecule has 0 aliphatic rings. The molecule has 0 bridgehead atoms. The van der Waals surface area contributed by atoms with E-state index in [1.165, 1.54) is 0 Å². The van der Waals surface area contributed by atoms with E-state index in [0.717, 1.165) is 17.0 Å². The van der Waals surface area contributed by atoms with Gasteiger partial charge in [-0.1, -0.05) is 0 Å². The van der Waals surface area contributed by atoms with Gasteiger partial charge in [0.05, 0.1) is 5.69 Å². The Balaban J connectivity index is 3.28. The van der Waals surface area contributed by atoms with Crippen LogP contribution in [0, 0.1) is 13.8 Å². The van der Waals surface area contributed by atoms with Gasteiger partial charge in [-0.25, -0.2) is 9.97 Å². The molecule has 1 rings (SSSR count). The van der Waals surface area contributed by atoms with Crippen molar-refractivity contribution in [2.24, 2.45) is 5.73 Å². The molecule has 0 saturated carbocycles. The zero-order valence-electron chi connectivity index (χ0n) is 7.63. The molecule has 0 aliphatic heterocycles. The number of anilines is 1. The van der Waals surface area contributed by atoms with Gasteiger partial charge in [0.2, 0.25) is 5.95 Å². The topological polar surface area (TPSA) is 77.8 Å².